The second-order valence-corrected chi connectivity index (χ2v) is 2.55. The fourth-order valence-corrected chi connectivity index (χ4v) is 1.28. The van der Waals surface area contributed by atoms with Gasteiger partial charge in [-0.1, -0.05) is 24.3 Å². The van der Waals surface area contributed by atoms with Gasteiger partial charge in [0.05, 0.1) is 0 Å². The summed E-state index contributed by atoms with van der Waals surface area (Å²) < 4.78 is 25.4. The SMILES string of the molecule is FC1=C(F)c2ccccc2C1. The third-order valence-electron chi connectivity index (χ3n) is 1.84. The Morgan fingerprint density at radius 2 is 1.82 bits per heavy atom. The topological polar surface area (TPSA) is 0 Å². The van der Waals surface area contributed by atoms with Crippen molar-refractivity contribution < 1.29 is 8.78 Å². The van der Waals surface area contributed by atoms with Gasteiger partial charge in [0.1, 0.15) is 5.83 Å². The molecule has 1 aliphatic carbocycles. The second-order valence-electron chi connectivity index (χ2n) is 2.55. The number of fused-ring (bicyclic) bond motifs is 1. The van der Waals surface area contributed by atoms with Crippen molar-refractivity contribution in [2.45, 2.75) is 6.42 Å². The molecule has 0 N–H and O–H groups in total. The highest BCUT2D eigenvalue weighted by Crippen LogP contribution is 2.33. The molecule has 2 heteroatoms. The molecule has 0 atom stereocenters. The first-order valence-corrected chi connectivity index (χ1v) is 3.41. The molecular formula is C9H6F2. The zero-order valence-corrected chi connectivity index (χ0v) is 5.77. The van der Waals surface area contributed by atoms with Crippen molar-refractivity contribution in [1.82, 2.24) is 0 Å². The normalized spacial score (nSPS) is 15.5. The molecule has 56 valence electrons. The smallest absolute Gasteiger partial charge is 0.162 e. The zero-order chi connectivity index (χ0) is 7.84. The van der Waals surface area contributed by atoms with Crippen molar-refractivity contribution >= 4 is 5.83 Å². The van der Waals surface area contributed by atoms with E-state index >= 15 is 0 Å². The number of benzene rings is 1. The van der Waals surface area contributed by atoms with Gasteiger partial charge in [0.15, 0.2) is 5.83 Å². The molecule has 0 aromatic heterocycles. The van der Waals surface area contributed by atoms with Crippen LogP contribution in [-0.2, 0) is 6.42 Å². The highest BCUT2D eigenvalue weighted by molar-refractivity contribution is 5.69. The first kappa shape index (κ1) is 6.53. The van der Waals surface area contributed by atoms with E-state index in [1.165, 1.54) is 0 Å². The molecular weight excluding hydrogens is 146 g/mol. The molecule has 0 amide bonds. The molecule has 0 radical (unpaired) electrons. The minimum Gasteiger partial charge on any atom is -0.208 e. The first-order chi connectivity index (χ1) is 5.29. The van der Waals surface area contributed by atoms with Crippen LogP contribution in [0.5, 0.6) is 0 Å². The fourth-order valence-electron chi connectivity index (χ4n) is 1.28. The third-order valence-corrected chi connectivity index (χ3v) is 1.84. The van der Waals surface area contributed by atoms with Crippen LogP contribution in [0.25, 0.3) is 5.83 Å². The summed E-state index contributed by atoms with van der Waals surface area (Å²) in [6.07, 6.45) is 0.113. The van der Waals surface area contributed by atoms with Crippen molar-refractivity contribution in [1.29, 1.82) is 0 Å². The van der Waals surface area contributed by atoms with E-state index in [1.807, 2.05) is 0 Å². The Kier molecular flexibility index (Phi) is 1.28. The fraction of sp³-hybridized carbons (Fsp3) is 0.111. The highest BCUT2D eigenvalue weighted by Gasteiger charge is 2.20. The molecule has 0 unspecified atom stereocenters. The van der Waals surface area contributed by atoms with Crippen LogP contribution in [0.3, 0.4) is 0 Å². The largest absolute Gasteiger partial charge is 0.208 e. The van der Waals surface area contributed by atoms with E-state index in [0.29, 0.717) is 5.56 Å². The van der Waals surface area contributed by atoms with E-state index in [0.717, 1.165) is 5.56 Å². The van der Waals surface area contributed by atoms with Gasteiger partial charge in [-0.3, -0.25) is 0 Å². The van der Waals surface area contributed by atoms with E-state index < -0.39 is 11.7 Å². The maximum Gasteiger partial charge on any atom is 0.162 e. The molecule has 2 rings (SSSR count). The predicted octanol–water partition coefficient (Wildman–Crippen LogP) is 2.85. The average molecular weight is 152 g/mol. The maximum absolute atomic E-state index is 12.8. The molecule has 0 bridgehead atoms. The van der Waals surface area contributed by atoms with Crippen LogP contribution in [0.4, 0.5) is 8.78 Å². The van der Waals surface area contributed by atoms with Crippen molar-refractivity contribution in [3.63, 3.8) is 0 Å². The quantitative estimate of drug-likeness (QED) is 0.536. The monoisotopic (exact) mass is 152 g/mol. The number of rotatable bonds is 0. The number of hydrogen-bond donors (Lipinski definition) is 0. The van der Waals surface area contributed by atoms with Gasteiger partial charge in [0.25, 0.3) is 0 Å². The lowest BCUT2D eigenvalue weighted by atomic mass is 10.1. The third kappa shape index (κ3) is 0.862. The lowest BCUT2D eigenvalue weighted by Gasteiger charge is -1.94. The molecule has 1 aromatic rings. The van der Waals surface area contributed by atoms with Gasteiger partial charge in [-0.25, -0.2) is 8.78 Å². The van der Waals surface area contributed by atoms with Crippen LogP contribution in [0, 0.1) is 0 Å². The van der Waals surface area contributed by atoms with Gasteiger partial charge in [0, 0.05) is 12.0 Å². The van der Waals surface area contributed by atoms with Gasteiger partial charge < -0.3 is 0 Å². The first-order valence-electron chi connectivity index (χ1n) is 3.41. The Balaban J connectivity index is 2.60. The molecule has 0 fully saturated rings. The van der Waals surface area contributed by atoms with Gasteiger partial charge in [-0.2, -0.15) is 0 Å². The standard InChI is InChI=1S/C9H6F2/c10-8-5-6-3-1-2-4-7(6)9(8)11/h1-4H,5H2. The zero-order valence-electron chi connectivity index (χ0n) is 5.77. The van der Waals surface area contributed by atoms with E-state index in [9.17, 15) is 8.78 Å². The molecule has 0 saturated carbocycles. The van der Waals surface area contributed by atoms with Gasteiger partial charge in [-0.05, 0) is 5.56 Å². The van der Waals surface area contributed by atoms with Crippen LogP contribution in [-0.4, -0.2) is 0 Å². The molecule has 0 saturated heterocycles. The Labute approximate surface area is 63.2 Å². The molecule has 1 aliphatic rings. The maximum atomic E-state index is 12.8. The minimum absolute atomic E-state index is 0.113. The minimum atomic E-state index is -0.694. The molecule has 0 spiro atoms. The Morgan fingerprint density at radius 1 is 1.09 bits per heavy atom. The second kappa shape index (κ2) is 2.16. The van der Waals surface area contributed by atoms with E-state index in [4.69, 9.17) is 0 Å². The van der Waals surface area contributed by atoms with Crippen LogP contribution >= 0.6 is 0 Å². The molecule has 0 aliphatic heterocycles. The summed E-state index contributed by atoms with van der Waals surface area (Å²) in [6.45, 7) is 0. The average Bonchev–Trinajstić information content (AvgIpc) is 2.30. The Bertz CT molecular complexity index is 326. The van der Waals surface area contributed by atoms with Crippen LogP contribution < -0.4 is 0 Å². The summed E-state index contributed by atoms with van der Waals surface area (Å²) in [7, 11) is 0. The summed E-state index contributed by atoms with van der Waals surface area (Å²) in [4.78, 5) is 0. The van der Waals surface area contributed by atoms with Gasteiger partial charge in [0.2, 0.25) is 0 Å². The summed E-state index contributed by atoms with van der Waals surface area (Å²) in [6, 6.07) is 6.82. The van der Waals surface area contributed by atoms with Crippen molar-refractivity contribution in [3.8, 4) is 0 Å². The highest BCUT2D eigenvalue weighted by atomic mass is 19.2. The number of halogens is 2. The predicted molar refractivity (Wildman–Crippen MR) is 39.3 cm³/mol. The Morgan fingerprint density at radius 3 is 2.55 bits per heavy atom. The van der Waals surface area contributed by atoms with E-state index in [2.05, 4.69) is 0 Å². The van der Waals surface area contributed by atoms with Crippen molar-refractivity contribution in [3.05, 3.63) is 41.2 Å². The van der Waals surface area contributed by atoms with Crippen molar-refractivity contribution in [2.24, 2.45) is 0 Å². The van der Waals surface area contributed by atoms with Crippen LogP contribution in [0.2, 0.25) is 0 Å². The number of allylic oxidation sites excluding steroid dienone is 1. The molecule has 11 heavy (non-hydrogen) atoms. The summed E-state index contributed by atoms with van der Waals surface area (Å²) in [5.41, 5.74) is 1.15. The summed E-state index contributed by atoms with van der Waals surface area (Å²) >= 11 is 0. The van der Waals surface area contributed by atoms with E-state index in [-0.39, 0.29) is 6.42 Å². The van der Waals surface area contributed by atoms with Gasteiger partial charge >= 0.3 is 0 Å². The summed E-state index contributed by atoms with van der Waals surface area (Å²) in [5, 5.41) is 0. The number of hydrogen-bond acceptors (Lipinski definition) is 0. The van der Waals surface area contributed by atoms with E-state index in [1.54, 1.807) is 24.3 Å². The Hall–Kier alpha value is -1.18. The van der Waals surface area contributed by atoms with Crippen molar-refractivity contribution in [2.75, 3.05) is 0 Å². The lowest BCUT2D eigenvalue weighted by molar-refractivity contribution is 0.596. The molecule has 0 heterocycles. The molecule has 0 nitrogen and oxygen atoms in total. The summed E-state index contributed by atoms with van der Waals surface area (Å²) in [5.74, 6) is -1.34. The van der Waals surface area contributed by atoms with Crippen LogP contribution in [0.15, 0.2) is 30.1 Å². The van der Waals surface area contributed by atoms with Gasteiger partial charge in [-0.15, -0.1) is 0 Å². The lowest BCUT2D eigenvalue weighted by Crippen LogP contribution is -1.79. The molecule has 1 aromatic carbocycles. The van der Waals surface area contributed by atoms with Crippen LogP contribution in [0.1, 0.15) is 11.1 Å².